The van der Waals surface area contributed by atoms with Crippen molar-refractivity contribution in [3.63, 3.8) is 0 Å². The first-order chi connectivity index (χ1) is 15.2. The largest absolute Gasteiger partial charge is 0.426 e. The van der Waals surface area contributed by atoms with E-state index < -0.39 is 0 Å². The van der Waals surface area contributed by atoms with E-state index in [0.717, 1.165) is 36.4 Å². The number of carbonyl (C=O) groups is 1. The van der Waals surface area contributed by atoms with E-state index in [2.05, 4.69) is 31.0 Å². The highest BCUT2D eigenvalue weighted by Gasteiger charge is 2.27. The zero-order chi connectivity index (χ0) is 21.9. The highest BCUT2D eigenvalue weighted by atomic mass is 16.5. The first-order valence-electron chi connectivity index (χ1n) is 12.5. The summed E-state index contributed by atoms with van der Waals surface area (Å²) in [6.07, 6.45) is 16.4. The molecule has 0 unspecified atom stereocenters. The van der Waals surface area contributed by atoms with E-state index in [1.165, 1.54) is 63.4 Å². The van der Waals surface area contributed by atoms with Crippen LogP contribution in [0.3, 0.4) is 0 Å². The van der Waals surface area contributed by atoms with Gasteiger partial charge in [0.25, 0.3) is 0 Å². The van der Waals surface area contributed by atoms with Crippen molar-refractivity contribution in [3.8, 4) is 17.0 Å². The van der Waals surface area contributed by atoms with Gasteiger partial charge in [-0.2, -0.15) is 0 Å². The minimum absolute atomic E-state index is 0.0592. The Balaban J connectivity index is 1.45. The minimum atomic E-state index is -0.0596. The quantitative estimate of drug-likeness (QED) is 0.211. The van der Waals surface area contributed by atoms with Gasteiger partial charge in [0.05, 0.1) is 11.6 Å². The molecule has 1 saturated carbocycles. The number of aryl methyl sites for hydroxylation is 1. The number of aromatic nitrogens is 1. The van der Waals surface area contributed by atoms with Crippen LogP contribution in [0, 0.1) is 11.8 Å². The van der Waals surface area contributed by atoms with E-state index in [-0.39, 0.29) is 11.9 Å². The van der Waals surface area contributed by atoms with Crippen LogP contribution < -0.4 is 4.74 Å². The Kier molecular flexibility index (Phi) is 9.58. The van der Waals surface area contributed by atoms with Crippen LogP contribution in [-0.4, -0.2) is 11.0 Å². The third kappa shape index (κ3) is 7.48. The van der Waals surface area contributed by atoms with E-state index in [1.54, 1.807) is 0 Å². The number of rotatable bonds is 11. The molecule has 3 heteroatoms. The molecule has 0 N–H and O–H groups in total. The van der Waals surface area contributed by atoms with Gasteiger partial charge in [-0.15, -0.1) is 0 Å². The number of esters is 1. The molecule has 0 amide bonds. The fourth-order valence-electron chi connectivity index (χ4n) is 4.56. The van der Waals surface area contributed by atoms with Gasteiger partial charge < -0.3 is 4.74 Å². The molecule has 3 nitrogen and oxygen atoms in total. The minimum Gasteiger partial charge on any atom is -0.426 e. The first-order valence-corrected chi connectivity index (χ1v) is 12.5. The normalized spacial score (nSPS) is 18.6. The monoisotopic (exact) mass is 421 g/mol. The second kappa shape index (κ2) is 12.6. The molecule has 1 fully saturated rings. The summed E-state index contributed by atoms with van der Waals surface area (Å²) in [6.45, 7) is 4.46. The predicted octanol–water partition coefficient (Wildman–Crippen LogP) is 7.77. The SMILES string of the molecule is CCCCCC[C@H]1CC[C@H](C(=O)Oc2ccc(-c3ccc(CCCC)cn3)cc2)CC1. The maximum absolute atomic E-state index is 12.6. The van der Waals surface area contributed by atoms with Gasteiger partial charge in [0, 0.05) is 11.8 Å². The fourth-order valence-corrected chi connectivity index (χ4v) is 4.56. The smallest absolute Gasteiger partial charge is 0.314 e. The Bertz CT molecular complexity index is 774. The van der Waals surface area contributed by atoms with E-state index in [9.17, 15) is 4.79 Å². The molecule has 3 rings (SSSR count). The molecule has 0 radical (unpaired) electrons. The zero-order valence-electron chi connectivity index (χ0n) is 19.4. The van der Waals surface area contributed by atoms with Crippen molar-refractivity contribution in [1.29, 1.82) is 0 Å². The van der Waals surface area contributed by atoms with Crippen LogP contribution >= 0.6 is 0 Å². The molecule has 0 atom stereocenters. The molecule has 0 bridgehead atoms. The lowest BCUT2D eigenvalue weighted by molar-refractivity contribution is -0.140. The second-order valence-corrected chi connectivity index (χ2v) is 9.17. The van der Waals surface area contributed by atoms with Crippen LogP contribution in [-0.2, 0) is 11.2 Å². The molecule has 1 aromatic carbocycles. The maximum atomic E-state index is 12.6. The van der Waals surface area contributed by atoms with Crippen molar-refractivity contribution >= 4 is 5.97 Å². The Morgan fingerprint density at radius 1 is 0.903 bits per heavy atom. The van der Waals surface area contributed by atoms with Gasteiger partial charge in [0.1, 0.15) is 5.75 Å². The van der Waals surface area contributed by atoms with E-state index in [4.69, 9.17) is 4.74 Å². The molecule has 2 aromatic rings. The predicted molar refractivity (Wildman–Crippen MR) is 128 cm³/mol. The Hall–Kier alpha value is -2.16. The van der Waals surface area contributed by atoms with Crippen molar-refractivity contribution in [2.24, 2.45) is 11.8 Å². The zero-order valence-corrected chi connectivity index (χ0v) is 19.4. The van der Waals surface area contributed by atoms with Crippen LogP contribution in [0.15, 0.2) is 42.6 Å². The first kappa shape index (κ1) is 23.5. The number of hydrogen-bond donors (Lipinski definition) is 0. The molecule has 0 spiro atoms. The van der Waals surface area contributed by atoms with Gasteiger partial charge in [-0.1, -0.05) is 58.4 Å². The van der Waals surface area contributed by atoms with Gasteiger partial charge in [-0.25, -0.2) is 0 Å². The summed E-state index contributed by atoms with van der Waals surface area (Å²) < 4.78 is 5.70. The molecule has 0 saturated heterocycles. The Labute approximate surface area is 188 Å². The summed E-state index contributed by atoms with van der Waals surface area (Å²) in [5.41, 5.74) is 3.28. The van der Waals surface area contributed by atoms with Gasteiger partial charge in [-0.3, -0.25) is 9.78 Å². The van der Waals surface area contributed by atoms with Crippen molar-refractivity contribution in [1.82, 2.24) is 4.98 Å². The Morgan fingerprint density at radius 2 is 1.65 bits per heavy atom. The van der Waals surface area contributed by atoms with Crippen molar-refractivity contribution in [2.45, 2.75) is 90.9 Å². The summed E-state index contributed by atoms with van der Waals surface area (Å²) >= 11 is 0. The molecular weight excluding hydrogens is 382 g/mol. The van der Waals surface area contributed by atoms with Crippen LogP contribution in [0.4, 0.5) is 0 Å². The number of benzene rings is 1. The molecule has 1 aliphatic carbocycles. The average Bonchev–Trinajstić information content (AvgIpc) is 2.82. The maximum Gasteiger partial charge on any atom is 0.314 e. The number of nitrogens with zero attached hydrogens (tertiary/aromatic N) is 1. The number of hydrogen-bond acceptors (Lipinski definition) is 3. The van der Waals surface area contributed by atoms with Crippen molar-refractivity contribution in [3.05, 3.63) is 48.2 Å². The molecule has 1 aromatic heterocycles. The average molecular weight is 422 g/mol. The summed E-state index contributed by atoms with van der Waals surface area (Å²) in [5, 5.41) is 0. The summed E-state index contributed by atoms with van der Waals surface area (Å²) in [7, 11) is 0. The van der Waals surface area contributed by atoms with Crippen LogP contribution in [0.5, 0.6) is 5.75 Å². The van der Waals surface area contributed by atoms with E-state index in [1.807, 2.05) is 30.5 Å². The Morgan fingerprint density at radius 3 is 2.29 bits per heavy atom. The number of ether oxygens (including phenoxy) is 1. The summed E-state index contributed by atoms with van der Waals surface area (Å²) in [5.74, 6) is 1.44. The van der Waals surface area contributed by atoms with Gasteiger partial charge in [0.2, 0.25) is 0 Å². The highest BCUT2D eigenvalue weighted by Crippen LogP contribution is 2.33. The number of carbonyl (C=O) groups excluding carboxylic acids is 1. The molecule has 1 aliphatic rings. The third-order valence-electron chi connectivity index (χ3n) is 6.66. The van der Waals surface area contributed by atoms with Gasteiger partial charge in [0.15, 0.2) is 0 Å². The molecule has 168 valence electrons. The molecule has 0 aliphatic heterocycles. The van der Waals surface area contributed by atoms with E-state index >= 15 is 0 Å². The van der Waals surface area contributed by atoms with Crippen molar-refractivity contribution < 1.29 is 9.53 Å². The molecular formula is C28H39NO2. The topological polar surface area (TPSA) is 39.2 Å². The lowest BCUT2D eigenvalue weighted by Gasteiger charge is -2.27. The van der Waals surface area contributed by atoms with E-state index in [0.29, 0.717) is 5.75 Å². The fraction of sp³-hybridized carbons (Fsp3) is 0.571. The van der Waals surface area contributed by atoms with Crippen molar-refractivity contribution in [2.75, 3.05) is 0 Å². The van der Waals surface area contributed by atoms with Gasteiger partial charge >= 0.3 is 5.97 Å². The van der Waals surface area contributed by atoms with Crippen LogP contribution in [0.1, 0.15) is 90.0 Å². The highest BCUT2D eigenvalue weighted by molar-refractivity contribution is 5.75. The number of pyridine rings is 1. The van der Waals surface area contributed by atoms with Gasteiger partial charge in [-0.05, 0) is 80.3 Å². The lowest BCUT2D eigenvalue weighted by Crippen LogP contribution is -2.25. The second-order valence-electron chi connectivity index (χ2n) is 9.17. The number of unbranched alkanes of at least 4 members (excludes halogenated alkanes) is 4. The molecule has 31 heavy (non-hydrogen) atoms. The summed E-state index contributed by atoms with van der Waals surface area (Å²) in [6, 6.07) is 12.0. The standard InChI is InChI=1S/C28H39NO2/c1-3-5-7-8-10-22-11-14-25(15-12-22)28(30)31-26-18-16-24(17-19-26)27-20-13-23(21-29-27)9-6-4-2/h13,16-22,25H,3-12,14-15H2,1-2H3/t22-,25-. The third-order valence-corrected chi connectivity index (χ3v) is 6.66. The summed E-state index contributed by atoms with van der Waals surface area (Å²) in [4.78, 5) is 17.2. The van der Waals surface area contributed by atoms with Crippen LogP contribution in [0.25, 0.3) is 11.3 Å². The lowest BCUT2D eigenvalue weighted by atomic mass is 9.80. The van der Waals surface area contributed by atoms with Crippen LogP contribution in [0.2, 0.25) is 0 Å². The molecule has 1 heterocycles.